The highest BCUT2D eigenvalue weighted by Gasteiger charge is 2.33. The smallest absolute Gasteiger partial charge is 0.255 e. The van der Waals surface area contributed by atoms with E-state index in [1.54, 1.807) is 29.2 Å². The van der Waals surface area contributed by atoms with Gasteiger partial charge < -0.3 is 15.5 Å². The van der Waals surface area contributed by atoms with Gasteiger partial charge in [0, 0.05) is 36.4 Å². The average molecular weight is 436 g/mol. The van der Waals surface area contributed by atoms with Gasteiger partial charge in [0.15, 0.2) is 0 Å². The van der Waals surface area contributed by atoms with Crippen molar-refractivity contribution in [2.24, 2.45) is 5.92 Å². The fraction of sp³-hybridized carbons (Fsp3) is 0.423. The molecule has 170 valence electrons. The van der Waals surface area contributed by atoms with Gasteiger partial charge in [0.25, 0.3) is 5.91 Å². The fourth-order valence-corrected chi connectivity index (χ4v) is 4.05. The van der Waals surface area contributed by atoms with Crippen molar-refractivity contribution in [3.8, 4) is 0 Å². The van der Waals surface area contributed by atoms with Crippen molar-refractivity contribution in [3.05, 3.63) is 59.2 Å². The molecule has 3 amide bonds. The molecular weight excluding hydrogens is 402 g/mol. The minimum Gasteiger partial charge on any atom is -0.342 e. The topological polar surface area (TPSA) is 78.5 Å². The predicted octanol–water partition coefficient (Wildman–Crippen LogP) is 4.65. The van der Waals surface area contributed by atoms with Crippen LogP contribution in [0.3, 0.4) is 0 Å². The zero-order chi connectivity index (χ0) is 23.1. The number of nitrogens with zero attached hydrogens (tertiary/aromatic N) is 1. The third-order valence-corrected chi connectivity index (χ3v) is 6.02. The van der Waals surface area contributed by atoms with Crippen LogP contribution in [-0.4, -0.2) is 35.7 Å². The molecule has 1 aliphatic heterocycles. The normalized spacial score (nSPS) is 15.7. The number of rotatable bonds is 9. The highest BCUT2D eigenvalue weighted by Crippen LogP contribution is 2.24. The first-order valence-corrected chi connectivity index (χ1v) is 11.6. The van der Waals surface area contributed by atoms with E-state index in [9.17, 15) is 14.4 Å². The number of unbranched alkanes of at least 4 members (excludes halogenated alkanes) is 1. The van der Waals surface area contributed by atoms with Crippen molar-refractivity contribution in [1.82, 2.24) is 4.90 Å². The predicted molar refractivity (Wildman–Crippen MR) is 128 cm³/mol. The average Bonchev–Trinajstić information content (AvgIpc) is 3.18. The number of carbonyl (C=O) groups excluding carboxylic acids is 3. The number of nitrogens with one attached hydrogen (secondary N) is 2. The van der Waals surface area contributed by atoms with Crippen molar-refractivity contribution in [1.29, 1.82) is 0 Å². The maximum Gasteiger partial charge on any atom is 0.255 e. The standard InChI is InChI=1S/C26H33N3O3/c1-4-7-15-29-17-21(16-23(29)30)26(32)27-22-13-11-20(12-14-22)25(31)28-24-18(5-2)9-8-10-19(24)6-3/h8-14,21H,4-7,15-17H2,1-3H3,(H,27,32)(H,28,31)/t21-/m1/s1. The number of likely N-dealkylation sites (tertiary alicyclic amines) is 1. The van der Waals surface area contributed by atoms with Gasteiger partial charge >= 0.3 is 0 Å². The molecule has 0 radical (unpaired) electrons. The monoisotopic (exact) mass is 435 g/mol. The molecule has 2 N–H and O–H groups in total. The maximum absolute atomic E-state index is 12.8. The van der Waals surface area contributed by atoms with E-state index in [4.69, 9.17) is 0 Å². The zero-order valence-corrected chi connectivity index (χ0v) is 19.2. The lowest BCUT2D eigenvalue weighted by Crippen LogP contribution is -2.29. The zero-order valence-electron chi connectivity index (χ0n) is 19.2. The summed E-state index contributed by atoms with van der Waals surface area (Å²) in [6.07, 6.45) is 3.91. The van der Waals surface area contributed by atoms with Gasteiger partial charge in [0.2, 0.25) is 11.8 Å². The molecule has 0 unspecified atom stereocenters. The largest absolute Gasteiger partial charge is 0.342 e. The van der Waals surface area contributed by atoms with Gasteiger partial charge in [-0.3, -0.25) is 14.4 Å². The number of benzene rings is 2. The molecule has 6 heteroatoms. The highest BCUT2D eigenvalue weighted by atomic mass is 16.2. The van der Waals surface area contributed by atoms with Gasteiger partial charge in [0.1, 0.15) is 0 Å². The Kier molecular flexibility index (Phi) is 8.03. The van der Waals surface area contributed by atoms with E-state index >= 15 is 0 Å². The third-order valence-electron chi connectivity index (χ3n) is 6.02. The summed E-state index contributed by atoms with van der Waals surface area (Å²) in [5.74, 6) is -0.616. The lowest BCUT2D eigenvalue weighted by Gasteiger charge is -2.16. The Morgan fingerprint density at radius 1 is 0.969 bits per heavy atom. The van der Waals surface area contributed by atoms with Crippen LogP contribution in [-0.2, 0) is 22.4 Å². The first-order valence-electron chi connectivity index (χ1n) is 11.6. The van der Waals surface area contributed by atoms with Crippen LogP contribution in [0.1, 0.15) is 61.5 Å². The quantitative estimate of drug-likeness (QED) is 0.602. The molecule has 6 nitrogen and oxygen atoms in total. The molecule has 2 aromatic rings. The molecule has 0 saturated carbocycles. The number of hydrogen-bond donors (Lipinski definition) is 2. The Morgan fingerprint density at radius 2 is 1.62 bits per heavy atom. The first kappa shape index (κ1) is 23.5. The van der Waals surface area contributed by atoms with Crippen LogP contribution in [0.4, 0.5) is 11.4 Å². The van der Waals surface area contributed by atoms with Crippen molar-refractivity contribution in [3.63, 3.8) is 0 Å². The van der Waals surface area contributed by atoms with Gasteiger partial charge in [-0.25, -0.2) is 0 Å². The second-order valence-corrected chi connectivity index (χ2v) is 8.27. The molecule has 1 fully saturated rings. The van der Waals surface area contributed by atoms with Crippen LogP contribution in [0, 0.1) is 5.92 Å². The maximum atomic E-state index is 12.8. The Hall–Kier alpha value is -3.15. The summed E-state index contributed by atoms with van der Waals surface area (Å²) in [5, 5.41) is 5.94. The molecule has 1 aliphatic rings. The summed E-state index contributed by atoms with van der Waals surface area (Å²) in [5.41, 5.74) is 4.26. The summed E-state index contributed by atoms with van der Waals surface area (Å²) < 4.78 is 0. The van der Waals surface area contributed by atoms with E-state index in [1.807, 2.05) is 18.2 Å². The number of anilines is 2. The van der Waals surface area contributed by atoms with Crippen molar-refractivity contribution in [2.75, 3.05) is 23.7 Å². The molecule has 0 spiro atoms. The van der Waals surface area contributed by atoms with E-state index in [-0.39, 0.29) is 30.1 Å². The van der Waals surface area contributed by atoms with Gasteiger partial charge in [0.05, 0.1) is 5.92 Å². The Bertz CT molecular complexity index is 947. The molecule has 32 heavy (non-hydrogen) atoms. The molecule has 0 aromatic heterocycles. The number of amides is 3. The van der Waals surface area contributed by atoms with Crippen LogP contribution in [0.25, 0.3) is 0 Å². The number of carbonyl (C=O) groups is 3. The highest BCUT2D eigenvalue weighted by molar-refractivity contribution is 6.05. The fourth-order valence-electron chi connectivity index (χ4n) is 4.05. The van der Waals surface area contributed by atoms with Gasteiger partial charge in [-0.1, -0.05) is 45.4 Å². The van der Waals surface area contributed by atoms with Crippen molar-refractivity contribution in [2.45, 2.75) is 52.9 Å². The van der Waals surface area contributed by atoms with Crippen LogP contribution in [0.2, 0.25) is 0 Å². The molecule has 3 rings (SSSR count). The molecule has 2 aromatic carbocycles. The minimum atomic E-state index is -0.333. The van der Waals surface area contributed by atoms with E-state index in [0.29, 0.717) is 24.3 Å². The Morgan fingerprint density at radius 3 is 2.22 bits per heavy atom. The molecule has 0 bridgehead atoms. The Labute approximate surface area is 190 Å². The van der Waals surface area contributed by atoms with Gasteiger partial charge in [-0.15, -0.1) is 0 Å². The second-order valence-electron chi connectivity index (χ2n) is 8.27. The lowest BCUT2D eigenvalue weighted by molar-refractivity contribution is -0.128. The van der Waals surface area contributed by atoms with Gasteiger partial charge in [-0.05, 0) is 54.7 Å². The van der Waals surface area contributed by atoms with Crippen LogP contribution < -0.4 is 10.6 Å². The second kappa shape index (κ2) is 10.9. The summed E-state index contributed by atoms with van der Waals surface area (Å²) in [4.78, 5) is 39.3. The van der Waals surface area contributed by atoms with E-state index in [1.165, 1.54) is 0 Å². The summed E-state index contributed by atoms with van der Waals surface area (Å²) in [6, 6.07) is 13.0. The number of aryl methyl sites for hydroxylation is 2. The van der Waals surface area contributed by atoms with Crippen LogP contribution >= 0.6 is 0 Å². The molecule has 1 atom stereocenters. The van der Waals surface area contributed by atoms with Crippen LogP contribution in [0.15, 0.2) is 42.5 Å². The molecule has 0 aliphatic carbocycles. The number of para-hydroxylation sites is 1. The summed E-state index contributed by atoms with van der Waals surface area (Å²) in [7, 11) is 0. The SMILES string of the molecule is CCCCN1C[C@H](C(=O)Nc2ccc(C(=O)Nc3c(CC)cccc3CC)cc2)CC1=O. The lowest BCUT2D eigenvalue weighted by atomic mass is 10.0. The molecule has 1 heterocycles. The van der Waals surface area contributed by atoms with E-state index in [0.717, 1.165) is 42.5 Å². The molecular formula is C26H33N3O3. The Balaban J connectivity index is 1.61. The first-order chi connectivity index (χ1) is 15.5. The van der Waals surface area contributed by atoms with E-state index in [2.05, 4.69) is 31.4 Å². The number of hydrogen-bond acceptors (Lipinski definition) is 3. The minimum absolute atomic E-state index is 0.0458. The van der Waals surface area contributed by atoms with Crippen molar-refractivity contribution < 1.29 is 14.4 Å². The van der Waals surface area contributed by atoms with E-state index < -0.39 is 0 Å². The van der Waals surface area contributed by atoms with Gasteiger partial charge in [-0.2, -0.15) is 0 Å². The van der Waals surface area contributed by atoms with Crippen molar-refractivity contribution >= 4 is 29.1 Å². The third kappa shape index (κ3) is 5.55. The molecule has 1 saturated heterocycles. The van der Waals surface area contributed by atoms with Crippen LogP contribution in [0.5, 0.6) is 0 Å². The summed E-state index contributed by atoms with van der Waals surface area (Å²) in [6.45, 7) is 7.41. The summed E-state index contributed by atoms with van der Waals surface area (Å²) >= 11 is 0.